The van der Waals surface area contributed by atoms with Crippen molar-refractivity contribution in [3.63, 3.8) is 0 Å². The van der Waals surface area contributed by atoms with Crippen LogP contribution in [0.25, 0.3) is 0 Å². The summed E-state index contributed by atoms with van der Waals surface area (Å²) >= 11 is 9.11. The molecular weight excluding hydrogens is 277 g/mol. The lowest BCUT2D eigenvalue weighted by molar-refractivity contribution is 0.0973. The van der Waals surface area contributed by atoms with Crippen molar-refractivity contribution in [2.45, 2.75) is 13.3 Å². The van der Waals surface area contributed by atoms with Gasteiger partial charge in [0.1, 0.15) is 0 Å². The van der Waals surface area contributed by atoms with Gasteiger partial charge in [0.05, 0.1) is 17.0 Å². The molecule has 0 aliphatic rings. The summed E-state index contributed by atoms with van der Waals surface area (Å²) in [6, 6.07) is 7.06. The highest BCUT2D eigenvalue weighted by Crippen LogP contribution is 2.24. The lowest BCUT2D eigenvalue weighted by atomic mass is 10.0. The number of carbonyl (C=O) groups is 1. The zero-order valence-corrected chi connectivity index (χ0v) is 10.5. The molecule has 0 saturated carbocycles. The van der Waals surface area contributed by atoms with Gasteiger partial charge >= 0.3 is 0 Å². The Labute approximate surface area is 102 Å². The van der Waals surface area contributed by atoms with E-state index < -0.39 is 0 Å². The Kier molecular flexibility index (Phi) is 4.31. The number of ketones is 1. The molecular formula is C11H9BrClNO. The highest BCUT2D eigenvalue weighted by atomic mass is 79.9. The number of rotatable bonds is 3. The molecule has 0 aliphatic carbocycles. The third kappa shape index (κ3) is 3.33. The number of benzene rings is 1. The van der Waals surface area contributed by atoms with Crippen LogP contribution >= 0.6 is 27.5 Å². The molecule has 4 heteroatoms. The molecule has 0 fully saturated rings. The number of halogens is 2. The molecule has 0 saturated heterocycles. The maximum Gasteiger partial charge on any atom is 0.164 e. The monoisotopic (exact) mass is 285 g/mol. The minimum atomic E-state index is -0.264. The molecule has 0 N–H and O–H groups in total. The standard InChI is InChI=1S/C11H9BrClNO/c1-7(6-14)4-11(15)8-2-3-9(12)10(13)5-8/h2-3,5,7H,4H2,1H3. The van der Waals surface area contributed by atoms with E-state index >= 15 is 0 Å². The Morgan fingerprint density at radius 2 is 2.33 bits per heavy atom. The van der Waals surface area contributed by atoms with Crippen LogP contribution in [0.15, 0.2) is 22.7 Å². The highest BCUT2D eigenvalue weighted by Gasteiger charge is 2.11. The van der Waals surface area contributed by atoms with Crippen molar-refractivity contribution in [2.24, 2.45) is 5.92 Å². The lowest BCUT2D eigenvalue weighted by Gasteiger charge is -2.03. The van der Waals surface area contributed by atoms with Crippen LogP contribution in [-0.2, 0) is 0 Å². The number of Topliss-reactive ketones (excluding diaryl/α,β-unsaturated/α-hetero) is 1. The predicted octanol–water partition coefficient (Wildman–Crippen LogP) is 3.83. The smallest absolute Gasteiger partial charge is 0.164 e. The first-order valence-electron chi connectivity index (χ1n) is 4.42. The van der Waals surface area contributed by atoms with E-state index in [0.29, 0.717) is 10.6 Å². The second-order valence-electron chi connectivity index (χ2n) is 3.29. The summed E-state index contributed by atoms with van der Waals surface area (Å²) in [5.41, 5.74) is 0.547. The van der Waals surface area contributed by atoms with Crippen molar-refractivity contribution in [3.05, 3.63) is 33.3 Å². The van der Waals surface area contributed by atoms with Crippen molar-refractivity contribution in [1.82, 2.24) is 0 Å². The average molecular weight is 287 g/mol. The number of hydrogen-bond acceptors (Lipinski definition) is 2. The van der Waals surface area contributed by atoms with Gasteiger partial charge < -0.3 is 0 Å². The third-order valence-electron chi connectivity index (χ3n) is 1.95. The van der Waals surface area contributed by atoms with Gasteiger partial charge in [-0.1, -0.05) is 17.7 Å². The Balaban J connectivity index is 2.84. The van der Waals surface area contributed by atoms with Gasteiger partial charge in [-0.15, -0.1) is 0 Å². The molecule has 0 amide bonds. The van der Waals surface area contributed by atoms with Crippen molar-refractivity contribution >= 4 is 33.3 Å². The normalized spacial score (nSPS) is 11.9. The second kappa shape index (κ2) is 5.29. The van der Waals surface area contributed by atoms with Crippen molar-refractivity contribution in [3.8, 4) is 6.07 Å². The Morgan fingerprint density at radius 1 is 1.67 bits per heavy atom. The number of nitriles is 1. The maximum absolute atomic E-state index is 11.7. The van der Waals surface area contributed by atoms with Crippen LogP contribution in [0.3, 0.4) is 0 Å². The van der Waals surface area contributed by atoms with E-state index in [1.807, 2.05) is 6.07 Å². The Morgan fingerprint density at radius 3 is 2.87 bits per heavy atom. The van der Waals surface area contributed by atoms with Gasteiger partial charge in [-0.3, -0.25) is 4.79 Å². The van der Waals surface area contributed by atoms with E-state index in [4.69, 9.17) is 16.9 Å². The van der Waals surface area contributed by atoms with E-state index in [1.165, 1.54) is 0 Å². The molecule has 15 heavy (non-hydrogen) atoms. The summed E-state index contributed by atoms with van der Waals surface area (Å²) < 4.78 is 0.758. The molecule has 1 rings (SSSR count). The van der Waals surface area contributed by atoms with Crippen LogP contribution in [0.2, 0.25) is 5.02 Å². The summed E-state index contributed by atoms with van der Waals surface area (Å²) in [4.78, 5) is 11.7. The van der Waals surface area contributed by atoms with Crippen LogP contribution in [0, 0.1) is 17.2 Å². The molecule has 1 atom stereocenters. The minimum Gasteiger partial charge on any atom is -0.294 e. The SMILES string of the molecule is CC(C#N)CC(=O)c1ccc(Br)c(Cl)c1. The first-order valence-corrected chi connectivity index (χ1v) is 5.59. The molecule has 2 nitrogen and oxygen atoms in total. The van der Waals surface area contributed by atoms with Gasteiger partial charge in [-0.25, -0.2) is 0 Å². The topological polar surface area (TPSA) is 40.9 Å². The number of nitrogens with zero attached hydrogens (tertiary/aromatic N) is 1. The first-order chi connectivity index (χ1) is 7.04. The summed E-state index contributed by atoms with van der Waals surface area (Å²) in [6.07, 6.45) is 0.231. The second-order valence-corrected chi connectivity index (χ2v) is 4.55. The quantitative estimate of drug-likeness (QED) is 0.792. The van der Waals surface area contributed by atoms with Gasteiger partial charge in [0.2, 0.25) is 0 Å². The van der Waals surface area contributed by atoms with Gasteiger partial charge in [-0.2, -0.15) is 5.26 Å². The first kappa shape index (κ1) is 12.2. The average Bonchev–Trinajstić information content (AvgIpc) is 2.21. The van der Waals surface area contributed by atoms with Gasteiger partial charge in [0.25, 0.3) is 0 Å². The van der Waals surface area contributed by atoms with Crippen LogP contribution in [0.1, 0.15) is 23.7 Å². The molecule has 0 aliphatic heterocycles. The molecule has 0 spiro atoms. The van der Waals surface area contributed by atoms with Crippen LogP contribution in [0.4, 0.5) is 0 Å². The molecule has 78 valence electrons. The lowest BCUT2D eigenvalue weighted by Crippen LogP contribution is -2.04. The minimum absolute atomic E-state index is 0.0570. The van der Waals surface area contributed by atoms with Gasteiger partial charge in [-0.05, 0) is 35.0 Å². The molecule has 0 aromatic heterocycles. The summed E-state index contributed by atoms with van der Waals surface area (Å²) in [7, 11) is 0. The van der Waals surface area contributed by atoms with E-state index in [2.05, 4.69) is 15.9 Å². The van der Waals surface area contributed by atoms with E-state index in [9.17, 15) is 4.79 Å². The van der Waals surface area contributed by atoms with Crippen molar-refractivity contribution in [1.29, 1.82) is 5.26 Å². The Hall–Kier alpha value is -0.850. The van der Waals surface area contributed by atoms with Crippen LogP contribution in [0.5, 0.6) is 0 Å². The number of carbonyl (C=O) groups excluding carboxylic acids is 1. The van der Waals surface area contributed by atoms with Gasteiger partial charge in [0, 0.05) is 16.5 Å². The van der Waals surface area contributed by atoms with Gasteiger partial charge in [0.15, 0.2) is 5.78 Å². The fourth-order valence-electron chi connectivity index (χ4n) is 1.11. The summed E-state index contributed by atoms with van der Waals surface area (Å²) in [5.74, 6) is -0.321. The third-order valence-corrected chi connectivity index (χ3v) is 3.19. The molecule has 1 unspecified atom stereocenters. The zero-order valence-electron chi connectivity index (χ0n) is 8.13. The van der Waals surface area contributed by atoms with E-state index in [0.717, 1.165) is 4.47 Å². The molecule has 0 bridgehead atoms. The van der Waals surface area contributed by atoms with E-state index in [1.54, 1.807) is 25.1 Å². The molecule has 0 radical (unpaired) electrons. The van der Waals surface area contributed by atoms with Crippen molar-refractivity contribution in [2.75, 3.05) is 0 Å². The number of hydrogen-bond donors (Lipinski definition) is 0. The summed E-state index contributed by atoms with van der Waals surface area (Å²) in [6.45, 7) is 1.72. The van der Waals surface area contributed by atoms with Crippen LogP contribution < -0.4 is 0 Å². The van der Waals surface area contributed by atoms with Crippen molar-refractivity contribution < 1.29 is 4.79 Å². The zero-order chi connectivity index (χ0) is 11.4. The summed E-state index contributed by atoms with van der Waals surface area (Å²) in [5, 5.41) is 9.10. The highest BCUT2D eigenvalue weighted by molar-refractivity contribution is 9.10. The fraction of sp³-hybridized carbons (Fsp3) is 0.273. The predicted molar refractivity (Wildman–Crippen MR) is 62.9 cm³/mol. The maximum atomic E-state index is 11.7. The largest absolute Gasteiger partial charge is 0.294 e. The van der Waals surface area contributed by atoms with E-state index in [-0.39, 0.29) is 18.1 Å². The Bertz CT molecular complexity index is 425. The molecule has 0 heterocycles. The fourth-order valence-corrected chi connectivity index (χ4v) is 1.54. The molecule has 1 aromatic rings. The van der Waals surface area contributed by atoms with Crippen LogP contribution in [-0.4, -0.2) is 5.78 Å². The molecule has 1 aromatic carbocycles.